The number of hydrogen-bond acceptors (Lipinski definition) is 6. The number of aromatic nitrogens is 1. The molecule has 1 spiro atoms. The van der Waals surface area contributed by atoms with Gasteiger partial charge in [0.05, 0.1) is 29.2 Å². The SMILES string of the molecule is CCOC(=O)c1[nH]c2c([C@H](C)N3CC4(CC(CNC(=O)OCc5ccccc5)C4)OC3=O)cccc2c1Br. The van der Waals surface area contributed by atoms with E-state index in [2.05, 4.69) is 26.2 Å². The Hall–Kier alpha value is -3.53. The molecule has 200 valence electrons. The van der Waals surface area contributed by atoms with Gasteiger partial charge in [0, 0.05) is 11.9 Å². The number of benzene rings is 2. The Labute approximate surface area is 228 Å². The van der Waals surface area contributed by atoms with Crippen molar-refractivity contribution in [2.75, 3.05) is 19.7 Å². The number of nitrogens with one attached hydrogen (secondary N) is 2. The maximum Gasteiger partial charge on any atom is 0.411 e. The molecule has 2 aromatic carbocycles. The van der Waals surface area contributed by atoms with E-state index >= 15 is 0 Å². The van der Waals surface area contributed by atoms with Gasteiger partial charge in [-0.3, -0.25) is 4.90 Å². The van der Waals surface area contributed by atoms with E-state index in [1.165, 1.54) is 0 Å². The smallest absolute Gasteiger partial charge is 0.411 e. The summed E-state index contributed by atoms with van der Waals surface area (Å²) in [6, 6.07) is 15.0. The Morgan fingerprint density at radius 1 is 1.18 bits per heavy atom. The van der Waals surface area contributed by atoms with E-state index < -0.39 is 17.7 Å². The molecule has 1 atom stereocenters. The fraction of sp³-hybridized carbons (Fsp3) is 0.393. The van der Waals surface area contributed by atoms with Crippen molar-refractivity contribution in [3.63, 3.8) is 0 Å². The molecule has 1 aromatic heterocycles. The summed E-state index contributed by atoms with van der Waals surface area (Å²) in [7, 11) is 0. The highest BCUT2D eigenvalue weighted by molar-refractivity contribution is 9.10. The first-order valence-electron chi connectivity index (χ1n) is 12.7. The van der Waals surface area contributed by atoms with Gasteiger partial charge in [0.2, 0.25) is 0 Å². The molecule has 1 aliphatic heterocycles. The van der Waals surface area contributed by atoms with E-state index in [0.717, 1.165) is 22.0 Å². The van der Waals surface area contributed by atoms with Crippen LogP contribution in [0.1, 0.15) is 54.3 Å². The highest BCUT2D eigenvalue weighted by Crippen LogP contribution is 2.47. The molecule has 5 rings (SSSR count). The molecule has 2 aliphatic rings. The molecular formula is C28H30BrN3O6. The van der Waals surface area contributed by atoms with Crippen molar-refractivity contribution in [3.05, 3.63) is 69.8 Å². The number of H-pyrrole nitrogens is 1. The molecular weight excluding hydrogens is 554 g/mol. The molecule has 1 saturated heterocycles. The fourth-order valence-electron chi connectivity index (χ4n) is 5.36. The van der Waals surface area contributed by atoms with E-state index in [1.54, 1.807) is 11.8 Å². The van der Waals surface area contributed by atoms with Crippen LogP contribution >= 0.6 is 15.9 Å². The summed E-state index contributed by atoms with van der Waals surface area (Å²) in [6.07, 6.45) is 0.526. The second kappa shape index (κ2) is 10.7. The van der Waals surface area contributed by atoms with Crippen LogP contribution in [-0.4, -0.2) is 53.3 Å². The van der Waals surface area contributed by atoms with Gasteiger partial charge in [-0.2, -0.15) is 0 Å². The molecule has 9 nitrogen and oxygen atoms in total. The zero-order valence-corrected chi connectivity index (χ0v) is 22.9. The maximum absolute atomic E-state index is 12.9. The van der Waals surface area contributed by atoms with Gasteiger partial charge in [0.1, 0.15) is 17.9 Å². The molecule has 0 radical (unpaired) electrons. The second-order valence-corrected chi connectivity index (χ2v) is 10.7. The van der Waals surface area contributed by atoms with Gasteiger partial charge < -0.3 is 24.5 Å². The number of rotatable bonds is 8. The molecule has 10 heteroatoms. The summed E-state index contributed by atoms with van der Waals surface area (Å²) in [4.78, 5) is 42.3. The van der Waals surface area contributed by atoms with Crippen molar-refractivity contribution in [1.29, 1.82) is 0 Å². The first-order valence-corrected chi connectivity index (χ1v) is 13.5. The maximum atomic E-state index is 12.9. The predicted octanol–water partition coefficient (Wildman–Crippen LogP) is 5.70. The average Bonchev–Trinajstić information content (AvgIpc) is 3.43. The third kappa shape index (κ3) is 5.09. The third-order valence-corrected chi connectivity index (χ3v) is 8.09. The Morgan fingerprint density at radius 2 is 1.95 bits per heavy atom. The zero-order valence-electron chi connectivity index (χ0n) is 21.3. The lowest BCUT2D eigenvalue weighted by Crippen LogP contribution is -2.50. The van der Waals surface area contributed by atoms with Crippen LogP contribution in [0.25, 0.3) is 10.9 Å². The largest absolute Gasteiger partial charge is 0.461 e. The van der Waals surface area contributed by atoms with Gasteiger partial charge in [-0.05, 0) is 59.7 Å². The topological polar surface area (TPSA) is 110 Å². The first-order chi connectivity index (χ1) is 18.3. The van der Waals surface area contributed by atoms with Crippen LogP contribution in [-0.2, 0) is 20.8 Å². The van der Waals surface area contributed by atoms with Gasteiger partial charge in [-0.1, -0.05) is 48.5 Å². The number of hydrogen-bond donors (Lipinski definition) is 2. The number of nitrogens with zero attached hydrogens (tertiary/aromatic N) is 1. The minimum atomic E-state index is -0.550. The van der Waals surface area contributed by atoms with Gasteiger partial charge in [-0.25, -0.2) is 14.4 Å². The van der Waals surface area contributed by atoms with Crippen LogP contribution in [0.3, 0.4) is 0 Å². The van der Waals surface area contributed by atoms with Crippen molar-refractivity contribution >= 4 is 45.0 Å². The van der Waals surface area contributed by atoms with Crippen molar-refractivity contribution in [1.82, 2.24) is 15.2 Å². The summed E-state index contributed by atoms with van der Waals surface area (Å²) < 4.78 is 16.9. The molecule has 0 bridgehead atoms. The second-order valence-electron chi connectivity index (χ2n) is 9.88. The number of carbonyl (C=O) groups excluding carboxylic acids is 3. The van der Waals surface area contributed by atoms with Gasteiger partial charge >= 0.3 is 18.2 Å². The van der Waals surface area contributed by atoms with Crippen LogP contribution in [0.2, 0.25) is 0 Å². The standard InChI is InChI=1S/C28H30BrN3O6/c1-3-36-25(33)24-22(29)21-11-7-10-20(23(21)31-24)17(2)32-16-28(38-27(32)35)12-19(13-28)14-30-26(34)37-15-18-8-5-4-6-9-18/h4-11,17,19,31H,3,12-16H2,1-2H3,(H,30,34)/t17-,19?,28?/m0/s1. The number of ether oxygens (including phenoxy) is 3. The Morgan fingerprint density at radius 3 is 2.68 bits per heavy atom. The summed E-state index contributed by atoms with van der Waals surface area (Å²) in [5, 5.41) is 3.66. The summed E-state index contributed by atoms with van der Waals surface area (Å²) in [5.41, 5.74) is 2.38. The highest BCUT2D eigenvalue weighted by Gasteiger charge is 2.55. The third-order valence-electron chi connectivity index (χ3n) is 7.27. The normalized spacial score (nSPS) is 21.2. The molecule has 2 amide bonds. The first kappa shape index (κ1) is 26.1. The van der Waals surface area contributed by atoms with Crippen LogP contribution in [0, 0.1) is 5.92 Å². The van der Waals surface area contributed by atoms with Gasteiger partial charge in [0.25, 0.3) is 0 Å². The number of alkyl carbamates (subject to hydrolysis) is 1. The fourth-order valence-corrected chi connectivity index (χ4v) is 5.96. The molecule has 2 N–H and O–H groups in total. The molecule has 2 heterocycles. The highest BCUT2D eigenvalue weighted by atomic mass is 79.9. The van der Waals surface area contributed by atoms with Crippen LogP contribution in [0.15, 0.2) is 53.0 Å². The molecule has 1 saturated carbocycles. The monoisotopic (exact) mass is 583 g/mol. The van der Waals surface area contributed by atoms with E-state index in [0.29, 0.717) is 36.1 Å². The van der Waals surface area contributed by atoms with Crippen LogP contribution < -0.4 is 5.32 Å². The Bertz CT molecular complexity index is 1350. The van der Waals surface area contributed by atoms with Crippen molar-refractivity contribution in [3.8, 4) is 0 Å². The minimum absolute atomic E-state index is 0.206. The Balaban J connectivity index is 1.18. The molecule has 3 aromatic rings. The molecule has 1 aliphatic carbocycles. The number of esters is 1. The van der Waals surface area contributed by atoms with Gasteiger partial charge in [0.15, 0.2) is 0 Å². The quantitative estimate of drug-likeness (QED) is 0.260. The van der Waals surface area contributed by atoms with E-state index in [9.17, 15) is 14.4 Å². The zero-order chi connectivity index (χ0) is 26.9. The van der Waals surface area contributed by atoms with Crippen molar-refractivity contribution < 1.29 is 28.6 Å². The number of para-hydroxylation sites is 1. The lowest BCUT2D eigenvalue weighted by atomic mass is 9.70. The number of amides is 2. The molecule has 0 unspecified atom stereocenters. The predicted molar refractivity (Wildman–Crippen MR) is 144 cm³/mol. The average molecular weight is 584 g/mol. The Kier molecular flexibility index (Phi) is 7.34. The number of halogens is 1. The molecule has 38 heavy (non-hydrogen) atoms. The van der Waals surface area contributed by atoms with Crippen LogP contribution in [0.4, 0.5) is 9.59 Å². The van der Waals surface area contributed by atoms with Crippen molar-refractivity contribution in [2.24, 2.45) is 5.92 Å². The minimum Gasteiger partial charge on any atom is -0.461 e. The van der Waals surface area contributed by atoms with Crippen LogP contribution in [0.5, 0.6) is 0 Å². The van der Waals surface area contributed by atoms with E-state index in [4.69, 9.17) is 14.2 Å². The number of carbonyl (C=O) groups is 3. The summed E-state index contributed by atoms with van der Waals surface area (Å²) in [6.45, 7) is 5.14. The van der Waals surface area contributed by atoms with Gasteiger partial charge in [-0.15, -0.1) is 0 Å². The number of fused-ring (bicyclic) bond motifs is 1. The number of aromatic amines is 1. The summed E-state index contributed by atoms with van der Waals surface area (Å²) in [5.74, 6) is -0.232. The van der Waals surface area contributed by atoms with E-state index in [-0.39, 0.29) is 31.3 Å². The lowest BCUT2D eigenvalue weighted by Gasteiger charge is -2.42. The van der Waals surface area contributed by atoms with Crippen molar-refractivity contribution in [2.45, 2.75) is 44.9 Å². The molecule has 2 fully saturated rings. The van der Waals surface area contributed by atoms with E-state index in [1.807, 2.05) is 55.5 Å². The summed E-state index contributed by atoms with van der Waals surface area (Å²) >= 11 is 3.52. The lowest BCUT2D eigenvalue weighted by molar-refractivity contribution is -0.0462.